The lowest BCUT2D eigenvalue weighted by molar-refractivity contribution is -0.116. The van der Waals surface area contributed by atoms with Crippen molar-refractivity contribution in [1.29, 1.82) is 0 Å². The van der Waals surface area contributed by atoms with E-state index in [1.54, 1.807) is 35.6 Å². The molecular weight excluding hydrogens is 420 g/mol. The monoisotopic (exact) mass is 444 g/mol. The van der Waals surface area contributed by atoms with Gasteiger partial charge in [0.25, 0.3) is 5.56 Å². The Morgan fingerprint density at radius 3 is 2.87 bits per heavy atom. The average Bonchev–Trinajstić information content (AvgIpc) is 3.03. The van der Waals surface area contributed by atoms with E-state index in [-0.39, 0.29) is 18.0 Å². The number of fused-ring (bicyclic) bond motifs is 3. The van der Waals surface area contributed by atoms with Gasteiger partial charge in [0.05, 0.1) is 22.6 Å². The molecule has 1 aromatic carbocycles. The van der Waals surface area contributed by atoms with Crippen molar-refractivity contribution >= 4 is 44.7 Å². The van der Waals surface area contributed by atoms with Gasteiger partial charge < -0.3 is 10.2 Å². The minimum atomic E-state index is -0.302. The summed E-state index contributed by atoms with van der Waals surface area (Å²) in [7, 11) is 3.84. The van der Waals surface area contributed by atoms with E-state index >= 15 is 0 Å². The van der Waals surface area contributed by atoms with Crippen LogP contribution in [0.2, 0.25) is 5.02 Å². The van der Waals surface area contributed by atoms with Crippen molar-refractivity contribution in [2.24, 2.45) is 5.92 Å². The third-order valence-electron chi connectivity index (χ3n) is 5.40. The first kappa shape index (κ1) is 21.0. The van der Waals surface area contributed by atoms with Gasteiger partial charge in [-0.25, -0.2) is 4.98 Å². The summed E-state index contributed by atoms with van der Waals surface area (Å²) in [6.07, 6.45) is 2.96. The van der Waals surface area contributed by atoms with Gasteiger partial charge in [0.2, 0.25) is 5.91 Å². The van der Waals surface area contributed by atoms with Gasteiger partial charge >= 0.3 is 0 Å². The summed E-state index contributed by atoms with van der Waals surface area (Å²) < 4.78 is 1.51. The van der Waals surface area contributed by atoms with Crippen LogP contribution in [0.5, 0.6) is 0 Å². The second kappa shape index (κ2) is 8.49. The number of rotatable bonds is 5. The summed E-state index contributed by atoms with van der Waals surface area (Å²) in [5.41, 5.74) is 1.53. The molecule has 1 amide bonds. The molecule has 4 rings (SSSR count). The van der Waals surface area contributed by atoms with E-state index in [1.807, 2.05) is 19.0 Å². The van der Waals surface area contributed by atoms with E-state index in [1.165, 1.54) is 9.44 Å². The van der Waals surface area contributed by atoms with Crippen molar-refractivity contribution in [3.05, 3.63) is 55.9 Å². The van der Waals surface area contributed by atoms with Crippen molar-refractivity contribution in [1.82, 2.24) is 14.5 Å². The van der Waals surface area contributed by atoms with Gasteiger partial charge in [-0.2, -0.15) is 0 Å². The Morgan fingerprint density at radius 2 is 2.13 bits per heavy atom. The van der Waals surface area contributed by atoms with Gasteiger partial charge in [-0.15, -0.1) is 11.3 Å². The van der Waals surface area contributed by atoms with Gasteiger partial charge in [0.15, 0.2) is 0 Å². The summed E-state index contributed by atoms with van der Waals surface area (Å²) in [6, 6.07) is 7.06. The Kier molecular flexibility index (Phi) is 5.95. The van der Waals surface area contributed by atoms with E-state index in [9.17, 15) is 9.59 Å². The Bertz CT molecular complexity index is 1170. The molecule has 3 aromatic rings. The summed E-state index contributed by atoms with van der Waals surface area (Å²) in [5, 5.41) is 3.96. The molecule has 0 fully saturated rings. The fourth-order valence-electron chi connectivity index (χ4n) is 3.93. The van der Waals surface area contributed by atoms with Crippen LogP contribution in [-0.4, -0.2) is 34.5 Å². The van der Waals surface area contributed by atoms with Gasteiger partial charge in [-0.05, 0) is 57.0 Å². The number of para-hydroxylation sites is 1. The fraction of sp³-hybridized carbons (Fsp3) is 0.409. The standard InChI is InChI=1S/C22H25ClN4O2S/c1-13-8-9-14-17(10-13)30-21-20(14)22(29)27(18(25-21)11-26(2)3)12-19(28)24-16-7-5-4-6-15(16)23/h4-7,13H,8-12H2,1-3H3,(H,24,28). The van der Waals surface area contributed by atoms with E-state index in [0.29, 0.717) is 34.4 Å². The molecule has 0 bridgehead atoms. The highest BCUT2D eigenvalue weighted by molar-refractivity contribution is 7.18. The van der Waals surface area contributed by atoms with Gasteiger partial charge in [0.1, 0.15) is 17.2 Å². The number of aryl methyl sites for hydroxylation is 1. The number of hydrogen-bond donors (Lipinski definition) is 1. The van der Waals surface area contributed by atoms with Gasteiger partial charge in [-0.3, -0.25) is 14.2 Å². The van der Waals surface area contributed by atoms with E-state index in [2.05, 4.69) is 12.2 Å². The molecule has 0 aliphatic heterocycles. The molecular formula is C22H25ClN4O2S. The Balaban J connectivity index is 1.75. The summed E-state index contributed by atoms with van der Waals surface area (Å²) in [4.78, 5) is 35.1. The lowest BCUT2D eigenvalue weighted by Crippen LogP contribution is -2.33. The quantitative estimate of drug-likeness (QED) is 0.647. The molecule has 6 nitrogen and oxygen atoms in total. The van der Waals surface area contributed by atoms with Crippen molar-refractivity contribution in [3.63, 3.8) is 0 Å². The van der Waals surface area contributed by atoms with Crippen LogP contribution in [0, 0.1) is 5.92 Å². The molecule has 0 spiro atoms. The summed E-state index contributed by atoms with van der Waals surface area (Å²) in [5.74, 6) is 0.915. The predicted molar refractivity (Wildman–Crippen MR) is 123 cm³/mol. The topological polar surface area (TPSA) is 67.2 Å². The Hall–Kier alpha value is -2.22. The minimum absolute atomic E-state index is 0.100. The lowest BCUT2D eigenvalue weighted by atomic mass is 9.89. The zero-order chi connectivity index (χ0) is 21.4. The molecule has 1 unspecified atom stereocenters. The molecule has 0 radical (unpaired) electrons. The third-order valence-corrected chi connectivity index (χ3v) is 6.88. The molecule has 1 atom stereocenters. The number of carbonyl (C=O) groups excluding carboxylic acids is 1. The number of nitrogens with one attached hydrogen (secondary N) is 1. The lowest BCUT2D eigenvalue weighted by Gasteiger charge is -2.18. The Labute approximate surface area is 184 Å². The predicted octanol–water partition coefficient (Wildman–Crippen LogP) is 3.94. The van der Waals surface area contributed by atoms with Crippen LogP contribution in [0.1, 0.15) is 29.6 Å². The Morgan fingerprint density at radius 1 is 1.37 bits per heavy atom. The van der Waals surface area contributed by atoms with Gasteiger partial charge in [-0.1, -0.05) is 30.7 Å². The van der Waals surface area contributed by atoms with Crippen molar-refractivity contribution in [3.8, 4) is 0 Å². The molecule has 0 saturated heterocycles. The normalized spacial score (nSPS) is 16.1. The molecule has 1 N–H and O–H groups in total. The first-order valence-corrected chi connectivity index (χ1v) is 11.3. The summed E-state index contributed by atoms with van der Waals surface area (Å²) in [6.45, 7) is 2.62. The van der Waals surface area contributed by atoms with Crippen LogP contribution in [0.4, 0.5) is 5.69 Å². The van der Waals surface area contributed by atoms with Crippen LogP contribution >= 0.6 is 22.9 Å². The van der Waals surface area contributed by atoms with Crippen LogP contribution in [0.25, 0.3) is 10.2 Å². The van der Waals surface area contributed by atoms with Crippen LogP contribution in [0.15, 0.2) is 29.1 Å². The number of amides is 1. The maximum Gasteiger partial charge on any atom is 0.263 e. The molecule has 0 saturated carbocycles. The second-order valence-electron chi connectivity index (χ2n) is 8.22. The molecule has 2 aromatic heterocycles. The number of benzene rings is 1. The van der Waals surface area contributed by atoms with Crippen LogP contribution in [0.3, 0.4) is 0 Å². The largest absolute Gasteiger partial charge is 0.323 e. The van der Waals surface area contributed by atoms with Crippen molar-refractivity contribution in [2.45, 2.75) is 39.3 Å². The minimum Gasteiger partial charge on any atom is -0.323 e. The van der Waals surface area contributed by atoms with Gasteiger partial charge in [0, 0.05) is 4.88 Å². The molecule has 2 heterocycles. The second-order valence-corrected chi connectivity index (χ2v) is 9.71. The maximum absolute atomic E-state index is 13.5. The van der Waals surface area contributed by atoms with E-state index in [4.69, 9.17) is 16.6 Å². The highest BCUT2D eigenvalue weighted by Gasteiger charge is 2.25. The fourth-order valence-corrected chi connectivity index (χ4v) is 5.50. The number of hydrogen-bond acceptors (Lipinski definition) is 5. The first-order valence-electron chi connectivity index (χ1n) is 10.1. The van der Waals surface area contributed by atoms with Crippen molar-refractivity contribution in [2.75, 3.05) is 19.4 Å². The zero-order valence-corrected chi connectivity index (χ0v) is 18.9. The highest BCUT2D eigenvalue weighted by Crippen LogP contribution is 2.35. The summed E-state index contributed by atoms with van der Waals surface area (Å²) >= 11 is 7.79. The molecule has 30 heavy (non-hydrogen) atoms. The average molecular weight is 445 g/mol. The SMILES string of the molecule is CC1CCc2c(sc3nc(CN(C)C)n(CC(=O)Nc4ccccc4Cl)c(=O)c23)C1. The highest BCUT2D eigenvalue weighted by atomic mass is 35.5. The third kappa shape index (κ3) is 4.15. The number of nitrogens with zero attached hydrogens (tertiary/aromatic N) is 3. The maximum atomic E-state index is 13.5. The van der Waals surface area contributed by atoms with E-state index < -0.39 is 0 Å². The number of thiophene rings is 1. The van der Waals surface area contributed by atoms with E-state index in [0.717, 1.165) is 29.7 Å². The molecule has 1 aliphatic carbocycles. The smallest absolute Gasteiger partial charge is 0.263 e. The van der Waals surface area contributed by atoms with Crippen LogP contribution < -0.4 is 10.9 Å². The van der Waals surface area contributed by atoms with Crippen molar-refractivity contribution < 1.29 is 4.79 Å². The molecule has 1 aliphatic rings. The number of carbonyl (C=O) groups is 1. The van der Waals surface area contributed by atoms with Crippen LogP contribution in [-0.2, 0) is 30.7 Å². The zero-order valence-electron chi connectivity index (χ0n) is 17.4. The number of aromatic nitrogens is 2. The number of halogens is 1. The number of anilines is 1. The first-order chi connectivity index (χ1) is 14.3. The molecule has 158 valence electrons. The molecule has 8 heteroatoms.